The van der Waals surface area contributed by atoms with Crippen LogP contribution in [-0.2, 0) is 6.54 Å². The van der Waals surface area contributed by atoms with E-state index in [1.165, 1.54) is 16.3 Å². The summed E-state index contributed by atoms with van der Waals surface area (Å²) < 4.78 is 9.15. The summed E-state index contributed by atoms with van der Waals surface area (Å²) in [6.07, 6.45) is 0. The number of thioether (sulfide) groups is 1. The number of benzene rings is 2. The first-order valence-corrected chi connectivity index (χ1v) is 11.4. The Labute approximate surface area is 190 Å². The molecule has 0 unspecified atom stereocenters. The second-order valence-electron chi connectivity index (χ2n) is 7.46. The number of hydrogen-bond acceptors (Lipinski definition) is 5. The van der Waals surface area contributed by atoms with Gasteiger partial charge in [0.25, 0.3) is 5.56 Å². The van der Waals surface area contributed by atoms with Gasteiger partial charge in [-0.25, -0.2) is 4.98 Å². The lowest BCUT2D eigenvalue weighted by Crippen LogP contribution is -2.22. The summed E-state index contributed by atoms with van der Waals surface area (Å²) in [7, 11) is 1.57. The van der Waals surface area contributed by atoms with E-state index in [2.05, 4.69) is 11.5 Å². The van der Waals surface area contributed by atoms with E-state index in [-0.39, 0.29) is 17.1 Å². The molecule has 0 N–H and O–H groups in total. The average Bonchev–Trinajstić information content (AvgIpc) is 3.10. The first-order valence-electron chi connectivity index (χ1n) is 10.4. The Hall–Kier alpha value is -3.32. The molecule has 0 amide bonds. The van der Waals surface area contributed by atoms with Gasteiger partial charge >= 0.3 is 0 Å². The van der Waals surface area contributed by atoms with E-state index < -0.39 is 0 Å². The summed E-state index contributed by atoms with van der Waals surface area (Å²) in [4.78, 5) is 31.2. The van der Waals surface area contributed by atoms with Gasteiger partial charge in [0.2, 0.25) is 0 Å². The Balaban J connectivity index is 1.78. The van der Waals surface area contributed by atoms with Crippen LogP contribution in [0.1, 0.15) is 28.7 Å². The topological polar surface area (TPSA) is 66.1 Å². The average molecular weight is 448 g/mol. The van der Waals surface area contributed by atoms with Crippen LogP contribution in [0, 0.1) is 13.8 Å². The van der Waals surface area contributed by atoms with E-state index >= 15 is 0 Å². The van der Waals surface area contributed by atoms with Crippen LogP contribution in [-0.4, -0.2) is 32.8 Å². The molecule has 0 saturated carbocycles. The minimum absolute atomic E-state index is 0.0109. The number of nitrogens with zero attached hydrogens (tertiary/aromatic N) is 3. The van der Waals surface area contributed by atoms with Gasteiger partial charge in [-0.05, 0) is 51.1 Å². The molecule has 6 nitrogen and oxygen atoms in total. The predicted octanol–water partition coefficient (Wildman–Crippen LogP) is 4.81. The van der Waals surface area contributed by atoms with E-state index in [9.17, 15) is 9.59 Å². The molecule has 7 heteroatoms. The lowest BCUT2D eigenvalue weighted by atomic mass is 10.2. The summed E-state index contributed by atoms with van der Waals surface area (Å²) in [5.41, 5.74) is 3.74. The van der Waals surface area contributed by atoms with Crippen molar-refractivity contribution in [1.29, 1.82) is 0 Å². The number of aromatic nitrogens is 3. The smallest absolute Gasteiger partial charge is 0.266 e. The van der Waals surface area contributed by atoms with Crippen LogP contribution < -0.4 is 10.3 Å². The minimum Gasteiger partial charge on any atom is -0.495 e. The number of methoxy groups -OCH3 is 1. The zero-order valence-electron chi connectivity index (χ0n) is 18.6. The van der Waals surface area contributed by atoms with Crippen molar-refractivity contribution >= 4 is 28.4 Å². The molecule has 2 aromatic heterocycles. The second kappa shape index (κ2) is 9.04. The maximum Gasteiger partial charge on any atom is 0.266 e. The van der Waals surface area contributed by atoms with Crippen LogP contribution in [0.4, 0.5) is 0 Å². The third-order valence-corrected chi connectivity index (χ3v) is 6.53. The quantitative estimate of drug-likeness (QED) is 0.231. The van der Waals surface area contributed by atoms with Crippen LogP contribution in [0.25, 0.3) is 16.6 Å². The van der Waals surface area contributed by atoms with Crippen molar-refractivity contribution in [1.82, 2.24) is 14.1 Å². The van der Waals surface area contributed by atoms with E-state index in [1.807, 2.05) is 56.3 Å². The third kappa shape index (κ3) is 3.84. The number of fused-ring (bicyclic) bond motifs is 1. The van der Waals surface area contributed by atoms with Gasteiger partial charge in [-0.15, -0.1) is 0 Å². The number of rotatable bonds is 7. The molecule has 0 atom stereocenters. The highest BCUT2D eigenvalue weighted by Gasteiger charge is 2.19. The van der Waals surface area contributed by atoms with Crippen molar-refractivity contribution < 1.29 is 9.53 Å². The highest BCUT2D eigenvalue weighted by molar-refractivity contribution is 7.99. The molecule has 0 bridgehead atoms. The van der Waals surface area contributed by atoms with E-state index in [1.54, 1.807) is 19.2 Å². The number of ketones is 1. The van der Waals surface area contributed by atoms with Crippen LogP contribution in [0.15, 0.2) is 64.5 Å². The molecule has 0 saturated heterocycles. The van der Waals surface area contributed by atoms with Gasteiger partial charge in [0.1, 0.15) is 5.75 Å². The van der Waals surface area contributed by atoms with Crippen molar-refractivity contribution in [3.05, 3.63) is 81.9 Å². The zero-order valence-corrected chi connectivity index (χ0v) is 19.4. The van der Waals surface area contributed by atoms with Crippen LogP contribution in [0.5, 0.6) is 5.75 Å². The molecule has 0 fully saturated rings. The monoisotopic (exact) mass is 447 g/mol. The fraction of sp³-hybridized carbons (Fsp3) is 0.240. The molecule has 164 valence electrons. The second-order valence-corrected chi connectivity index (χ2v) is 8.41. The number of carbonyl (C=O) groups is 1. The highest BCUT2D eigenvalue weighted by Crippen LogP contribution is 2.28. The normalized spacial score (nSPS) is 11.1. The summed E-state index contributed by atoms with van der Waals surface area (Å²) in [6.45, 7) is 6.85. The summed E-state index contributed by atoms with van der Waals surface area (Å²) >= 11 is 1.26. The van der Waals surface area contributed by atoms with Crippen molar-refractivity contribution in [3.8, 4) is 11.4 Å². The maximum atomic E-state index is 13.4. The van der Waals surface area contributed by atoms with Crippen LogP contribution in [0.3, 0.4) is 0 Å². The SMILES string of the molecule is CCn1c(C)cc(C(=O)CSc2nc3ccccc3c(=O)n2-c2ccccc2OC)c1C. The van der Waals surface area contributed by atoms with Gasteiger partial charge in [0, 0.05) is 23.5 Å². The molecule has 0 aliphatic carbocycles. The van der Waals surface area contributed by atoms with Crippen molar-refractivity contribution in [2.45, 2.75) is 32.5 Å². The molecular formula is C25H25N3O3S. The van der Waals surface area contributed by atoms with Crippen LogP contribution >= 0.6 is 11.8 Å². The maximum absolute atomic E-state index is 13.4. The zero-order chi connectivity index (χ0) is 22.8. The Morgan fingerprint density at radius 2 is 1.81 bits per heavy atom. The number of Topliss-reactive ketones (excluding diaryl/α,β-unsaturated/α-hetero) is 1. The minimum atomic E-state index is -0.195. The van der Waals surface area contributed by atoms with Gasteiger partial charge in [-0.3, -0.25) is 14.2 Å². The first-order chi connectivity index (χ1) is 15.5. The number of ether oxygens (including phenoxy) is 1. The molecule has 2 heterocycles. The highest BCUT2D eigenvalue weighted by atomic mass is 32.2. The number of para-hydroxylation sites is 3. The lowest BCUT2D eigenvalue weighted by molar-refractivity contribution is 0.102. The van der Waals surface area contributed by atoms with Gasteiger partial charge in [0.05, 0.1) is 29.5 Å². The Bertz CT molecular complexity index is 1370. The van der Waals surface area contributed by atoms with Crippen molar-refractivity contribution in [3.63, 3.8) is 0 Å². The molecule has 32 heavy (non-hydrogen) atoms. The van der Waals surface area contributed by atoms with Gasteiger partial charge in [-0.1, -0.05) is 36.0 Å². The molecule has 4 rings (SSSR count). The number of carbonyl (C=O) groups excluding carboxylic acids is 1. The molecular weight excluding hydrogens is 422 g/mol. The van der Waals surface area contributed by atoms with E-state index in [0.717, 1.165) is 17.9 Å². The molecule has 4 aromatic rings. The van der Waals surface area contributed by atoms with E-state index in [4.69, 9.17) is 9.72 Å². The van der Waals surface area contributed by atoms with Crippen molar-refractivity contribution in [2.24, 2.45) is 0 Å². The third-order valence-electron chi connectivity index (χ3n) is 5.59. The first kappa shape index (κ1) is 21.9. The Kier molecular flexibility index (Phi) is 6.19. The standard InChI is InChI=1S/C25H25N3O3S/c1-5-27-16(2)14-19(17(27)3)22(29)15-32-25-26-20-11-7-6-10-18(20)24(30)28(25)21-12-8-9-13-23(21)31-4/h6-14H,5,15H2,1-4H3. The van der Waals surface area contributed by atoms with Gasteiger partial charge < -0.3 is 9.30 Å². The van der Waals surface area contributed by atoms with Gasteiger partial charge in [0.15, 0.2) is 10.9 Å². The fourth-order valence-corrected chi connectivity index (χ4v) is 4.90. The number of hydrogen-bond donors (Lipinski definition) is 0. The van der Waals surface area contributed by atoms with Crippen LogP contribution in [0.2, 0.25) is 0 Å². The summed E-state index contributed by atoms with van der Waals surface area (Å²) in [5, 5.41) is 0.969. The number of aryl methyl sites for hydroxylation is 1. The van der Waals surface area contributed by atoms with E-state index in [0.29, 0.717) is 33.1 Å². The molecule has 2 aromatic carbocycles. The van der Waals surface area contributed by atoms with Gasteiger partial charge in [-0.2, -0.15) is 0 Å². The molecule has 0 aliphatic heterocycles. The Morgan fingerprint density at radius 1 is 1.09 bits per heavy atom. The lowest BCUT2D eigenvalue weighted by Gasteiger charge is -2.15. The summed E-state index contributed by atoms with van der Waals surface area (Å²) in [5.74, 6) is 0.747. The van der Waals surface area contributed by atoms with Crippen molar-refractivity contribution in [2.75, 3.05) is 12.9 Å². The molecule has 0 aliphatic rings. The fourth-order valence-electron chi connectivity index (χ4n) is 4.01. The molecule has 0 radical (unpaired) electrons. The molecule has 0 spiro atoms. The largest absolute Gasteiger partial charge is 0.495 e. The predicted molar refractivity (Wildman–Crippen MR) is 129 cm³/mol. The Morgan fingerprint density at radius 3 is 2.53 bits per heavy atom. The summed E-state index contributed by atoms with van der Waals surface area (Å²) in [6, 6.07) is 16.5.